The molecular formula is C21H20N2O5S. The van der Waals surface area contributed by atoms with Crippen LogP contribution in [0.3, 0.4) is 0 Å². The number of ether oxygens (including phenoxy) is 3. The van der Waals surface area contributed by atoms with Gasteiger partial charge in [0.25, 0.3) is 10.0 Å². The molecule has 0 bridgehead atoms. The largest absolute Gasteiger partial charge is 0.490 e. The number of nitrogens with zero attached hydrogens (tertiary/aromatic N) is 1. The van der Waals surface area contributed by atoms with Gasteiger partial charge in [0.05, 0.1) is 29.5 Å². The van der Waals surface area contributed by atoms with Gasteiger partial charge in [0.1, 0.15) is 12.4 Å². The van der Waals surface area contributed by atoms with Crippen LogP contribution in [0.4, 0.5) is 5.69 Å². The molecule has 1 N–H and O–H groups in total. The zero-order valence-corrected chi connectivity index (χ0v) is 16.4. The molecule has 2 heterocycles. The fourth-order valence-electron chi connectivity index (χ4n) is 2.81. The Morgan fingerprint density at radius 3 is 2.66 bits per heavy atom. The van der Waals surface area contributed by atoms with E-state index in [4.69, 9.17) is 14.2 Å². The Bertz CT molecular complexity index is 1090. The number of aromatic nitrogens is 1. The predicted molar refractivity (Wildman–Crippen MR) is 108 cm³/mol. The van der Waals surface area contributed by atoms with Gasteiger partial charge >= 0.3 is 0 Å². The third-order valence-electron chi connectivity index (χ3n) is 4.23. The van der Waals surface area contributed by atoms with Crippen LogP contribution < -0.4 is 18.9 Å². The Morgan fingerprint density at radius 1 is 0.966 bits per heavy atom. The van der Waals surface area contributed by atoms with Crippen molar-refractivity contribution < 1.29 is 22.6 Å². The minimum Gasteiger partial charge on any atom is -0.490 e. The third kappa shape index (κ3) is 4.78. The molecule has 1 aromatic heterocycles. The summed E-state index contributed by atoms with van der Waals surface area (Å²) in [5, 5.41) is 0. The SMILES string of the molecule is O=S(=O)(Nc1cccc(OCc2ccccn2)c1)c1ccc2c(c1)OCCCO2. The van der Waals surface area contributed by atoms with Crippen LogP contribution >= 0.6 is 0 Å². The lowest BCUT2D eigenvalue weighted by Crippen LogP contribution is -2.13. The summed E-state index contributed by atoms with van der Waals surface area (Å²) in [5.41, 5.74) is 1.18. The van der Waals surface area contributed by atoms with E-state index in [9.17, 15) is 8.42 Å². The standard InChI is InChI=1S/C21H20N2O5S/c24-29(25,19-8-9-20-21(14-19)27-12-4-11-26-20)23-16-6-3-7-18(13-16)28-15-17-5-1-2-10-22-17/h1-3,5-10,13-14,23H,4,11-12,15H2. The minimum atomic E-state index is -3.80. The number of hydrogen-bond acceptors (Lipinski definition) is 6. The van der Waals surface area contributed by atoms with E-state index in [-0.39, 0.29) is 4.90 Å². The highest BCUT2D eigenvalue weighted by Crippen LogP contribution is 2.32. The summed E-state index contributed by atoms with van der Waals surface area (Å²) in [6, 6.07) is 16.9. The van der Waals surface area contributed by atoms with Crippen LogP contribution in [0.2, 0.25) is 0 Å². The fourth-order valence-corrected chi connectivity index (χ4v) is 3.88. The Morgan fingerprint density at radius 2 is 1.83 bits per heavy atom. The summed E-state index contributed by atoms with van der Waals surface area (Å²) in [5.74, 6) is 1.51. The van der Waals surface area contributed by atoms with Gasteiger partial charge in [0.2, 0.25) is 0 Å². The molecule has 1 aliphatic heterocycles. The average molecular weight is 412 g/mol. The molecule has 4 rings (SSSR count). The van der Waals surface area contributed by atoms with Crippen molar-refractivity contribution in [3.8, 4) is 17.2 Å². The Kier molecular flexibility index (Phi) is 5.53. The first-order valence-corrected chi connectivity index (χ1v) is 10.6. The molecule has 0 saturated carbocycles. The highest BCUT2D eigenvalue weighted by atomic mass is 32.2. The van der Waals surface area contributed by atoms with Crippen molar-refractivity contribution >= 4 is 15.7 Å². The van der Waals surface area contributed by atoms with Gasteiger partial charge in [-0.3, -0.25) is 9.71 Å². The number of benzene rings is 2. The molecule has 8 heteroatoms. The number of pyridine rings is 1. The molecule has 0 amide bonds. The van der Waals surface area contributed by atoms with Crippen LogP contribution in [0, 0.1) is 0 Å². The lowest BCUT2D eigenvalue weighted by atomic mass is 10.3. The first-order chi connectivity index (χ1) is 14.1. The van der Waals surface area contributed by atoms with Gasteiger partial charge < -0.3 is 14.2 Å². The summed E-state index contributed by atoms with van der Waals surface area (Å²) in [7, 11) is -3.80. The summed E-state index contributed by atoms with van der Waals surface area (Å²) < 4.78 is 45.0. The molecule has 150 valence electrons. The molecule has 2 aromatic carbocycles. The number of hydrogen-bond donors (Lipinski definition) is 1. The summed E-state index contributed by atoms with van der Waals surface area (Å²) >= 11 is 0. The highest BCUT2D eigenvalue weighted by molar-refractivity contribution is 7.92. The topological polar surface area (TPSA) is 86.8 Å². The van der Waals surface area contributed by atoms with Crippen molar-refractivity contribution in [1.82, 2.24) is 4.98 Å². The van der Waals surface area contributed by atoms with Crippen LogP contribution in [0.1, 0.15) is 12.1 Å². The van der Waals surface area contributed by atoms with E-state index in [0.717, 1.165) is 12.1 Å². The molecule has 3 aromatic rings. The first-order valence-electron chi connectivity index (χ1n) is 9.15. The fraction of sp³-hybridized carbons (Fsp3) is 0.190. The van der Waals surface area contributed by atoms with Crippen molar-refractivity contribution in [3.05, 3.63) is 72.6 Å². The number of rotatable bonds is 6. The Hall–Kier alpha value is -3.26. The molecule has 1 aliphatic rings. The third-order valence-corrected chi connectivity index (χ3v) is 5.61. The minimum absolute atomic E-state index is 0.0987. The monoisotopic (exact) mass is 412 g/mol. The van der Waals surface area contributed by atoms with Gasteiger partial charge in [-0.05, 0) is 36.4 Å². The van der Waals surface area contributed by atoms with Crippen LogP contribution in [-0.4, -0.2) is 26.6 Å². The van der Waals surface area contributed by atoms with Gasteiger partial charge in [0, 0.05) is 24.8 Å². The lowest BCUT2D eigenvalue weighted by Gasteiger charge is -2.12. The van der Waals surface area contributed by atoms with E-state index in [0.29, 0.717) is 42.8 Å². The molecular weight excluding hydrogens is 392 g/mol. The van der Waals surface area contributed by atoms with Crippen molar-refractivity contribution in [1.29, 1.82) is 0 Å². The second kappa shape index (κ2) is 8.40. The van der Waals surface area contributed by atoms with E-state index >= 15 is 0 Å². The van der Waals surface area contributed by atoms with Crippen LogP contribution in [0.5, 0.6) is 17.2 Å². The van der Waals surface area contributed by atoms with E-state index < -0.39 is 10.0 Å². The van der Waals surface area contributed by atoms with Crippen molar-refractivity contribution in [3.63, 3.8) is 0 Å². The average Bonchev–Trinajstić information content (AvgIpc) is 2.98. The summed E-state index contributed by atoms with van der Waals surface area (Å²) in [6.07, 6.45) is 2.44. The van der Waals surface area contributed by atoms with Crippen LogP contribution in [0.15, 0.2) is 71.8 Å². The predicted octanol–water partition coefficient (Wildman–Crippen LogP) is 3.62. The molecule has 0 saturated heterocycles. The van der Waals surface area contributed by atoms with Gasteiger partial charge in [-0.2, -0.15) is 0 Å². The number of sulfonamides is 1. The maximum absolute atomic E-state index is 12.8. The van der Waals surface area contributed by atoms with E-state index in [2.05, 4.69) is 9.71 Å². The number of fused-ring (bicyclic) bond motifs is 1. The van der Waals surface area contributed by atoms with E-state index in [1.54, 1.807) is 36.5 Å². The maximum Gasteiger partial charge on any atom is 0.262 e. The number of anilines is 1. The second-order valence-corrected chi connectivity index (χ2v) is 8.08. The van der Waals surface area contributed by atoms with Crippen molar-refractivity contribution in [2.45, 2.75) is 17.9 Å². The van der Waals surface area contributed by atoms with Gasteiger partial charge in [-0.25, -0.2) is 8.42 Å². The summed E-state index contributed by atoms with van der Waals surface area (Å²) in [4.78, 5) is 4.30. The molecule has 7 nitrogen and oxygen atoms in total. The zero-order chi connectivity index (χ0) is 20.1. The molecule has 0 atom stereocenters. The molecule has 0 aliphatic carbocycles. The lowest BCUT2D eigenvalue weighted by molar-refractivity contribution is 0.297. The normalized spacial score (nSPS) is 13.4. The first kappa shape index (κ1) is 19.1. The van der Waals surface area contributed by atoms with E-state index in [1.807, 2.05) is 18.2 Å². The Balaban J connectivity index is 1.49. The van der Waals surface area contributed by atoms with Gasteiger partial charge in [-0.15, -0.1) is 0 Å². The quantitative estimate of drug-likeness (QED) is 0.665. The maximum atomic E-state index is 12.8. The second-order valence-electron chi connectivity index (χ2n) is 6.40. The van der Waals surface area contributed by atoms with Gasteiger partial charge in [0.15, 0.2) is 11.5 Å². The van der Waals surface area contributed by atoms with Crippen LogP contribution in [0.25, 0.3) is 0 Å². The summed E-state index contributed by atoms with van der Waals surface area (Å²) in [6.45, 7) is 1.32. The van der Waals surface area contributed by atoms with E-state index in [1.165, 1.54) is 12.1 Å². The van der Waals surface area contributed by atoms with Crippen molar-refractivity contribution in [2.24, 2.45) is 0 Å². The highest BCUT2D eigenvalue weighted by Gasteiger charge is 2.19. The van der Waals surface area contributed by atoms with Crippen LogP contribution in [-0.2, 0) is 16.6 Å². The number of nitrogens with one attached hydrogen (secondary N) is 1. The zero-order valence-electron chi connectivity index (χ0n) is 15.6. The smallest absolute Gasteiger partial charge is 0.262 e. The van der Waals surface area contributed by atoms with Gasteiger partial charge in [-0.1, -0.05) is 12.1 Å². The molecule has 0 unspecified atom stereocenters. The van der Waals surface area contributed by atoms with Crippen molar-refractivity contribution in [2.75, 3.05) is 17.9 Å². The Labute approximate surface area is 169 Å². The molecule has 0 spiro atoms. The molecule has 0 fully saturated rings. The molecule has 0 radical (unpaired) electrons. The molecule has 29 heavy (non-hydrogen) atoms.